The second kappa shape index (κ2) is 5.78. The molecule has 1 atom stereocenters. The zero-order valence-corrected chi connectivity index (χ0v) is 13.3. The van der Waals surface area contributed by atoms with Gasteiger partial charge in [0, 0.05) is 16.6 Å². The molecular weight excluding hydrogens is 357 g/mol. The average Bonchev–Trinajstić information content (AvgIpc) is 2.48. The quantitative estimate of drug-likeness (QED) is 0.758. The van der Waals surface area contributed by atoms with Gasteiger partial charge in [0.25, 0.3) is 0 Å². The molecule has 0 aliphatic carbocycles. The molecule has 0 fully saturated rings. The van der Waals surface area contributed by atoms with Gasteiger partial charge in [0.1, 0.15) is 5.82 Å². The van der Waals surface area contributed by atoms with Crippen LogP contribution in [0.4, 0.5) is 10.1 Å². The topological polar surface area (TPSA) is 29.1 Å². The number of fused-ring (bicyclic) bond motifs is 1. The number of rotatable bonds is 2. The Bertz CT molecular complexity index is 719. The molecule has 0 bridgehead atoms. The van der Waals surface area contributed by atoms with E-state index in [0.717, 1.165) is 21.3 Å². The first-order valence-corrected chi connectivity index (χ1v) is 7.79. The predicted octanol–water partition coefficient (Wildman–Crippen LogP) is 4.80. The van der Waals surface area contributed by atoms with Crippen LogP contribution in [0.25, 0.3) is 0 Å². The molecule has 3 rings (SSSR count). The molecular formula is C16H12BrClFNO. The summed E-state index contributed by atoms with van der Waals surface area (Å²) in [6.45, 7) is 0. The zero-order valence-electron chi connectivity index (χ0n) is 11.0. The van der Waals surface area contributed by atoms with Crippen LogP contribution in [0.2, 0.25) is 0 Å². The van der Waals surface area contributed by atoms with Crippen LogP contribution >= 0.6 is 27.5 Å². The molecule has 1 aliphatic rings. The minimum Gasteiger partial charge on any atom is -0.326 e. The van der Waals surface area contributed by atoms with Crippen molar-refractivity contribution in [3.05, 3.63) is 63.4 Å². The van der Waals surface area contributed by atoms with Crippen molar-refractivity contribution in [3.63, 3.8) is 0 Å². The van der Waals surface area contributed by atoms with Crippen molar-refractivity contribution in [1.82, 2.24) is 0 Å². The summed E-state index contributed by atoms with van der Waals surface area (Å²) in [5.41, 5.74) is 3.47. The van der Waals surface area contributed by atoms with Gasteiger partial charge in [-0.2, -0.15) is 0 Å². The number of alkyl halides is 1. The molecule has 21 heavy (non-hydrogen) atoms. The van der Waals surface area contributed by atoms with Gasteiger partial charge >= 0.3 is 0 Å². The largest absolute Gasteiger partial charge is 0.326 e. The number of carbonyl (C=O) groups excluding carboxylic acids is 1. The van der Waals surface area contributed by atoms with E-state index in [9.17, 15) is 9.18 Å². The van der Waals surface area contributed by atoms with E-state index in [2.05, 4.69) is 21.2 Å². The number of anilines is 1. The standard InChI is InChI=1S/C16H12BrClFNO/c17-13-4-3-11(19)8-12(13)16(18)10-1-5-14-9(7-10)2-6-15(21)20-14/h1,3-5,7-8,16H,2,6H2,(H,20,21). The minimum atomic E-state index is -0.446. The second-order valence-electron chi connectivity index (χ2n) is 4.99. The lowest BCUT2D eigenvalue weighted by molar-refractivity contribution is -0.116. The van der Waals surface area contributed by atoms with Crippen LogP contribution in [-0.2, 0) is 11.2 Å². The molecule has 2 aromatic rings. The van der Waals surface area contributed by atoms with E-state index < -0.39 is 5.38 Å². The van der Waals surface area contributed by atoms with Gasteiger partial charge in [-0.3, -0.25) is 4.79 Å². The number of nitrogens with one attached hydrogen (secondary N) is 1. The molecule has 0 aromatic heterocycles. The van der Waals surface area contributed by atoms with Crippen molar-refractivity contribution in [3.8, 4) is 0 Å². The highest BCUT2D eigenvalue weighted by Crippen LogP contribution is 2.36. The van der Waals surface area contributed by atoms with Crippen LogP contribution in [0.1, 0.15) is 28.5 Å². The van der Waals surface area contributed by atoms with Crippen LogP contribution in [0.15, 0.2) is 40.9 Å². The molecule has 1 amide bonds. The van der Waals surface area contributed by atoms with Crippen LogP contribution < -0.4 is 5.32 Å². The summed E-state index contributed by atoms with van der Waals surface area (Å²) in [6.07, 6.45) is 1.18. The first kappa shape index (κ1) is 14.5. The van der Waals surface area contributed by atoms with E-state index in [-0.39, 0.29) is 11.7 Å². The average molecular weight is 369 g/mol. The highest BCUT2D eigenvalue weighted by Gasteiger charge is 2.19. The van der Waals surface area contributed by atoms with Gasteiger partial charge in [-0.25, -0.2) is 4.39 Å². The normalized spacial score (nSPS) is 15.3. The van der Waals surface area contributed by atoms with E-state index in [1.54, 1.807) is 6.07 Å². The van der Waals surface area contributed by atoms with Gasteiger partial charge in [-0.05, 0) is 47.4 Å². The zero-order chi connectivity index (χ0) is 15.0. The fourth-order valence-corrected chi connectivity index (χ4v) is 3.37. The number of amides is 1. The summed E-state index contributed by atoms with van der Waals surface area (Å²) >= 11 is 9.90. The van der Waals surface area contributed by atoms with Gasteiger partial charge in [0.05, 0.1) is 5.38 Å². The number of halogens is 3. The van der Waals surface area contributed by atoms with Gasteiger partial charge in [-0.15, -0.1) is 11.6 Å². The third-order valence-corrected chi connectivity index (χ3v) is 4.76. The molecule has 1 aliphatic heterocycles. The first-order chi connectivity index (χ1) is 10.0. The Balaban J connectivity index is 1.97. The SMILES string of the molecule is O=C1CCc2cc(C(Cl)c3cc(F)ccc3Br)ccc2N1. The highest BCUT2D eigenvalue weighted by molar-refractivity contribution is 9.10. The monoisotopic (exact) mass is 367 g/mol. The summed E-state index contributed by atoms with van der Waals surface area (Å²) in [5, 5.41) is 2.39. The van der Waals surface area contributed by atoms with Crippen LogP contribution in [0.3, 0.4) is 0 Å². The Kier molecular flexibility index (Phi) is 4.00. The first-order valence-electron chi connectivity index (χ1n) is 6.56. The second-order valence-corrected chi connectivity index (χ2v) is 6.28. The van der Waals surface area contributed by atoms with Crippen LogP contribution in [0, 0.1) is 5.82 Å². The van der Waals surface area contributed by atoms with Crippen molar-refractivity contribution in [2.75, 3.05) is 5.32 Å². The fraction of sp³-hybridized carbons (Fsp3) is 0.188. The molecule has 0 saturated heterocycles. The van der Waals surface area contributed by atoms with Crippen molar-refractivity contribution in [1.29, 1.82) is 0 Å². The fourth-order valence-electron chi connectivity index (χ4n) is 2.45. The summed E-state index contributed by atoms with van der Waals surface area (Å²) < 4.78 is 14.2. The Morgan fingerprint density at radius 2 is 2.00 bits per heavy atom. The maximum atomic E-state index is 13.4. The van der Waals surface area contributed by atoms with Crippen molar-refractivity contribution >= 4 is 39.1 Å². The number of hydrogen-bond donors (Lipinski definition) is 1. The van der Waals surface area contributed by atoms with E-state index >= 15 is 0 Å². The molecule has 0 radical (unpaired) electrons. The third kappa shape index (κ3) is 2.97. The van der Waals surface area contributed by atoms with E-state index in [0.29, 0.717) is 18.4 Å². The molecule has 2 nitrogen and oxygen atoms in total. The van der Waals surface area contributed by atoms with Gasteiger partial charge in [-0.1, -0.05) is 28.1 Å². The van der Waals surface area contributed by atoms with Gasteiger partial charge in [0.2, 0.25) is 5.91 Å². The molecule has 2 aromatic carbocycles. The summed E-state index contributed by atoms with van der Waals surface area (Å²) in [4.78, 5) is 11.4. The van der Waals surface area contributed by atoms with Gasteiger partial charge in [0.15, 0.2) is 0 Å². The maximum absolute atomic E-state index is 13.4. The lowest BCUT2D eigenvalue weighted by Gasteiger charge is -2.19. The Morgan fingerprint density at radius 1 is 1.19 bits per heavy atom. The number of hydrogen-bond acceptors (Lipinski definition) is 1. The summed E-state index contributed by atoms with van der Waals surface area (Å²) in [7, 11) is 0. The van der Waals surface area contributed by atoms with Gasteiger partial charge < -0.3 is 5.32 Å². The molecule has 1 heterocycles. The summed E-state index contributed by atoms with van der Waals surface area (Å²) in [5.74, 6) is -0.283. The van der Waals surface area contributed by atoms with E-state index in [1.165, 1.54) is 12.1 Å². The Morgan fingerprint density at radius 3 is 2.81 bits per heavy atom. The van der Waals surface area contributed by atoms with Crippen molar-refractivity contribution in [2.24, 2.45) is 0 Å². The molecule has 0 spiro atoms. The third-order valence-electron chi connectivity index (χ3n) is 3.55. The molecule has 5 heteroatoms. The smallest absolute Gasteiger partial charge is 0.224 e. The number of benzene rings is 2. The molecule has 108 valence electrons. The predicted molar refractivity (Wildman–Crippen MR) is 85.2 cm³/mol. The van der Waals surface area contributed by atoms with E-state index in [4.69, 9.17) is 11.6 Å². The summed E-state index contributed by atoms with van der Waals surface area (Å²) in [6, 6.07) is 10.2. The molecule has 1 N–H and O–H groups in total. The van der Waals surface area contributed by atoms with Crippen LogP contribution in [0.5, 0.6) is 0 Å². The highest BCUT2D eigenvalue weighted by atomic mass is 79.9. The Labute approximate surface area is 135 Å². The number of aryl methyl sites for hydroxylation is 1. The van der Waals surface area contributed by atoms with Crippen molar-refractivity contribution in [2.45, 2.75) is 18.2 Å². The van der Waals surface area contributed by atoms with E-state index in [1.807, 2.05) is 18.2 Å². The van der Waals surface area contributed by atoms with Crippen molar-refractivity contribution < 1.29 is 9.18 Å². The van der Waals surface area contributed by atoms with Crippen LogP contribution in [-0.4, -0.2) is 5.91 Å². The lowest BCUT2D eigenvalue weighted by atomic mass is 9.97. The molecule has 1 unspecified atom stereocenters. The lowest BCUT2D eigenvalue weighted by Crippen LogP contribution is -2.19. The molecule has 0 saturated carbocycles. The Hall–Kier alpha value is -1.39. The minimum absolute atomic E-state index is 0.0329. The maximum Gasteiger partial charge on any atom is 0.224 e. The number of carbonyl (C=O) groups is 1.